The van der Waals surface area contributed by atoms with Crippen molar-refractivity contribution >= 4 is 5.91 Å². The topological polar surface area (TPSA) is 68.5 Å². The normalized spacial score (nSPS) is 14.8. The molecular formula is C23H25N3O3. The lowest BCUT2D eigenvalue weighted by Crippen LogP contribution is -2.38. The van der Waals surface area contributed by atoms with Crippen LogP contribution in [0.5, 0.6) is 5.75 Å². The van der Waals surface area contributed by atoms with E-state index in [1.807, 2.05) is 67.3 Å². The molecule has 1 amide bonds. The summed E-state index contributed by atoms with van der Waals surface area (Å²) < 4.78 is 11.0. The number of ether oxygens (including phenoxy) is 1. The Morgan fingerprint density at radius 3 is 2.55 bits per heavy atom. The molecule has 3 aromatic rings. The standard InChI is InChI=1S/C23H25N3O3/c1-3-28-19-10-8-18(9-11-19)23(27)26-14-12-17(13-15-26)22-24-21(25-29-22)20-7-5-4-6-16(20)2/h4-11,17H,3,12-15H2,1-2H3. The summed E-state index contributed by atoms with van der Waals surface area (Å²) in [7, 11) is 0. The van der Waals surface area contributed by atoms with Crippen molar-refractivity contribution in [3.63, 3.8) is 0 Å². The number of piperidine rings is 1. The molecule has 2 aromatic carbocycles. The van der Waals surface area contributed by atoms with Crippen LogP contribution in [-0.4, -0.2) is 40.6 Å². The van der Waals surface area contributed by atoms with Gasteiger partial charge >= 0.3 is 0 Å². The minimum Gasteiger partial charge on any atom is -0.494 e. The molecule has 0 unspecified atom stereocenters. The lowest BCUT2D eigenvalue weighted by molar-refractivity contribution is 0.0704. The van der Waals surface area contributed by atoms with E-state index in [0.717, 1.165) is 29.7 Å². The van der Waals surface area contributed by atoms with Crippen LogP contribution < -0.4 is 4.74 Å². The maximum Gasteiger partial charge on any atom is 0.253 e. The maximum absolute atomic E-state index is 12.8. The first-order valence-corrected chi connectivity index (χ1v) is 10.1. The van der Waals surface area contributed by atoms with Crippen molar-refractivity contribution in [1.29, 1.82) is 0 Å². The quantitative estimate of drug-likeness (QED) is 0.642. The van der Waals surface area contributed by atoms with Gasteiger partial charge in [0.25, 0.3) is 5.91 Å². The average Bonchev–Trinajstić information content (AvgIpc) is 3.24. The van der Waals surface area contributed by atoms with Crippen LogP contribution in [0.1, 0.15) is 47.5 Å². The summed E-state index contributed by atoms with van der Waals surface area (Å²) >= 11 is 0. The van der Waals surface area contributed by atoms with Gasteiger partial charge in [-0.15, -0.1) is 0 Å². The summed E-state index contributed by atoms with van der Waals surface area (Å²) in [6.07, 6.45) is 1.64. The number of benzene rings is 2. The second-order valence-electron chi connectivity index (χ2n) is 7.30. The first-order chi connectivity index (χ1) is 14.2. The van der Waals surface area contributed by atoms with E-state index in [2.05, 4.69) is 10.1 Å². The van der Waals surface area contributed by atoms with Gasteiger partial charge in [-0.25, -0.2) is 0 Å². The molecule has 0 spiro atoms. The molecule has 1 saturated heterocycles. The Morgan fingerprint density at radius 1 is 1.14 bits per heavy atom. The zero-order valence-electron chi connectivity index (χ0n) is 16.8. The number of rotatable bonds is 5. The summed E-state index contributed by atoms with van der Waals surface area (Å²) in [4.78, 5) is 19.3. The molecule has 2 heterocycles. The van der Waals surface area contributed by atoms with Crippen molar-refractivity contribution in [3.8, 4) is 17.1 Å². The van der Waals surface area contributed by atoms with Crippen molar-refractivity contribution in [2.24, 2.45) is 0 Å². The lowest BCUT2D eigenvalue weighted by Gasteiger charge is -2.30. The van der Waals surface area contributed by atoms with Gasteiger partial charge in [-0.2, -0.15) is 4.98 Å². The fourth-order valence-electron chi connectivity index (χ4n) is 3.71. The van der Waals surface area contributed by atoms with Crippen LogP contribution in [-0.2, 0) is 0 Å². The molecule has 150 valence electrons. The molecule has 1 aliphatic heterocycles. The second kappa shape index (κ2) is 8.47. The van der Waals surface area contributed by atoms with E-state index < -0.39 is 0 Å². The molecule has 0 saturated carbocycles. The van der Waals surface area contributed by atoms with Crippen LogP contribution in [0.25, 0.3) is 11.4 Å². The van der Waals surface area contributed by atoms with Crippen LogP contribution in [0.3, 0.4) is 0 Å². The first kappa shape index (κ1) is 19.2. The van der Waals surface area contributed by atoms with Gasteiger partial charge < -0.3 is 14.2 Å². The van der Waals surface area contributed by atoms with Gasteiger partial charge in [0.1, 0.15) is 5.75 Å². The SMILES string of the molecule is CCOc1ccc(C(=O)N2CCC(c3nc(-c4ccccc4C)no3)CC2)cc1. The Balaban J connectivity index is 1.38. The summed E-state index contributed by atoms with van der Waals surface area (Å²) in [6.45, 7) is 5.95. The Kier molecular flexibility index (Phi) is 5.60. The van der Waals surface area contributed by atoms with Gasteiger partial charge in [0.05, 0.1) is 6.61 Å². The molecule has 1 aromatic heterocycles. The van der Waals surface area contributed by atoms with Gasteiger partial charge in [0.15, 0.2) is 0 Å². The second-order valence-corrected chi connectivity index (χ2v) is 7.30. The Hall–Kier alpha value is -3.15. The molecule has 0 bridgehead atoms. The first-order valence-electron chi connectivity index (χ1n) is 10.1. The van der Waals surface area contributed by atoms with Crippen LogP contribution >= 0.6 is 0 Å². The molecule has 0 aliphatic carbocycles. The number of hydrogen-bond acceptors (Lipinski definition) is 5. The van der Waals surface area contributed by atoms with Gasteiger partial charge in [0, 0.05) is 30.1 Å². The van der Waals surface area contributed by atoms with Crippen molar-refractivity contribution in [1.82, 2.24) is 15.0 Å². The molecule has 29 heavy (non-hydrogen) atoms. The zero-order valence-corrected chi connectivity index (χ0v) is 16.8. The van der Waals surface area contributed by atoms with E-state index in [1.54, 1.807) is 0 Å². The summed E-state index contributed by atoms with van der Waals surface area (Å²) in [5.41, 5.74) is 2.80. The smallest absolute Gasteiger partial charge is 0.253 e. The molecule has 1 fully saturated rings. The van der Waals surface area contributed by atoms with E-state index in [-0.39, 0.29) is 11.8 Å². The number of carbonyl (C=O) groups is 1. The van der Waals surface area contributed by atoms with E-state index in [4.69, 9.17) is 9.26 Å². The number of nitrogens with zero attached hydrogens (tertiary/aromatic N) is 3. The number of amides is 1. The van der Waals surface area contributed by atoms with Crippen molar-refractivity contribution in [2.75, 3.05) is 19.7 Å². The Morgan fingerprint density at radius 2 is 1.86 bits per heavy atom. The predicted molar refractivity (Wildman–Crippen MR) is 110 cm³/mol. The maximum atomic E-state index is 12.8. The van der Waals surface area contributed by atoms with Crippen LogP contribution in [0.15, 0.2) is 53.1 Å². The summed E-state index contributed by atoms with van der Waals surface area (Å²) in [5.74, 6) is 2.31. The molecule has 6 heteroatoms. The van der Waals surface area contributed by atoms with Crippen molar-refractivity contribution in [2.45, 2.75) is 32.6 Å². The third-order valence-corrected chi connectivity index (χ3v) is 5.37. The highest BCUT2D eigenvalue weighted by Gasteiger charge is 2.28. The molecule has 0 N–H and O–H groups in total. The van der Waals surface area contributed by atoms with Gasteiger partial charge in [0.2, 0.25) is 11.7 Å². The van der Waals surface area contributed by atoms with Gasteiger partial charge in [-0.1, -0.05) is 29.4 Å². The zero-order chi connectivity index (χ0) is 20.2. The highest BCUT2D eigenvalue weighted by atomic mass is 16.5. The predicted octanol–water partition coefficient (Wildman–Crippen LogP) is 4.46. The fourth-order valence-corrected chi connectivity index (χ4v) is 3.71. The molecule has 1 aliphatic rings. The number of carbonyl (C=O) groups excluding carboxylic acids is 1. The van der Waals surface area contributed by atoms with Crippen LogP contribution in [0, 0.1) is 6.92 Å². The molecule has 6 nitrogen and oxygen atoms in total. The Bertz CT molecular complexity index is 973. The summed E-state index contributed by atoms with van der Waals surface area (Å²) in [5, 5.41) is 4.17. The van der Waals surface area contributed by atoms with Crippen LogP contribution in [0.4, 0.5) is 0 Å². The molecule has 0 radical (unpaired) electrons. The Labute approximate surface area is 170 Å². The lowest BCUT2D eigenvalue weighted by atomic mass is 9.96. The number of aryl methyl sites for hydroxylation is 1. The molecule has 0 atom stereocenters. The van der Waals surface area contributed by atoms with Crippen LogP contribution in [0.2, 0.25) is 0 Å². The highest BCUT2D eigenvalue weighted by molar-refractivity contribution is 5.94. The van der Waals surface area contributed by atoms with Gasteiger partial charge in [-0.05, 0) is 56.5 Å². The third kappa shape index (κ3) is 4.16. The highest BCUT2D eigenvalue weighted by Crippen LogP contribution is 2.30. The molecular weight excluding hydrogens is 366 g/mol. The largest absolute Gasteiger partial charge is 0.494 e. The van der Waals surface area contributed by atoms with E-state index in [1.165, 1.54) is 0 Å². The number of likely N-dealkylation sites (tertiary alicyclic amines) is 1. The number of hydrogen-bond donors (Lipinski definition) is 0. The van der Waals surface area contributed by atoms with E-state index in [9.17, 15) is 4.79 Å². The number of aromatic nitrogens is 2. The minimum atomic E-state index is 0.0534. The van der Waals surface area contributed by atoms with E-state index in [0.29, 0.717) is 37.0 Å². The van der Waals surface area contributed by atoms with E-state index >= 15 is 0 Å². The average molecular weight is 391 g/mol. The monoisotopic (exact) mass is 391 g/mol. The summed E-state index contributed by atoms with van der Waals surface area (Å²) in [6, 6.07) is 15.3. The minimum absolute atomic E-state index is 0.0534. The van der Waals surface area contributed by atoms with Gasteiger partial charge in [-0.3, -0.25) is 4.79 Å². The third-order valence-electron chi connectivity index (χ3n) is 5.37. The molecule has 4 rings (SSSR count). The van der Waals surface area contributed by atoms with Crippen molar-refractivity contribution in [3.05, 3.63) is 65.5 Å². The fraction of sp³-hybridized carbons (Fsp3) is 0.348. The van der Waals surface area contributed by atoms with Crippen molar-refractivity contribution < 1.29 is 14.1 Å².